The van der Waals surface area contributed by atoms with Gasteiger partial charge in [0.25, 0.3) is 0 Å². The van der Waals surface area contributed by atoms with E-state index in [4.69, 9.17) is 0 Å². The van der Waals surface area contributed by atoms with Gasteiger partial charge in [-0.25, -0.2) is 4.98 Å². The zero-order valence-corrected chi connectivity index (χ0v) is 12.8. The minimum Gasteiger partial charge on any atom is -0.351 e. The summed E-state index contributed by atoms with van der Waals surface area (Å²) in [4.78, 5) is 12.9. The van der Waals surface area contributed by atoms with Crippen molar-refractivity contribution in [3.63, 3.8) is 0 Å². The van der Waals surface area contributed by atoms with Gasteiger partial charge in [0.05, 0.1) is 18.1 Å². The summed E-state index contributed by atoms with van der Waals surface area (Å²) in [6.07, 6.45) is 4.90. The Kier molecular flexibility index (Phi) is 3.98. The second-order valence-corrected chi connectivity index (χ2v) is 6.44. The fourth-order valence-electron chi connectivity index (χ4n) is 2.36. The summed E-state index contributed by atoms with van der Waals surface area (Å²) < 4.78 is 0. The van der Waals surface area contributed by atoms with Crippen molar-refractivity contribution < 1.29 is 0 Å². The first kappa shape index (κ1) is 13.5. The average molecular weight is 288 g/mol. The number of aromatic nitrogens is 2. The van der Waals surface area contributed by atoms with E-state index >= 15 is 0 Å². The van der Waals surface area contributed by atoms with Gasteiger partial charge in [0.2, 0.25) is 0 Å². The Labute approximate surface area is 123 Å². The van der Waals surface area contributed by atoms with Crippen molar-refractivity contribution in [3.05, 3.63) is 40.0 Å². The number of rotatable bonds is 4. The van der Waals surface area contributed by atoms with Gasteiger partial charge >= 0.3 is 0 Å². The van der Waals surface area contributed by atoms with E-state index in [9.17, 15) is 0 Å². The lowest BCUT2D eigenvalue weighted by molar-refractivity contribution is 0.580. The second kappa shape index (κ2) is 5.89. The smallest absolute Gasteiger partial charge is 0.147 e. The van der Waals surface area contributed by atoms with Crippen LogP contribution < -0.4 is 10.2 Å². The lowest BCUT2D eigenvalue weighted by Crippen LogP contribution is -2.30. The minimum atomic E-state index is 0.468. The van der Waals surface area contributed by atoms with Gasteiger partial charge in [0.1, 0.15) is 5.82 Å². The Balaban J connectivity index is 1.66. The van der Waals surface area contributed by atoms with Crippen molar-refractivity contribution in [2.24, 2.45) is 0 Å². The highest BCUT2D eigenvalue weighted by molar-refractivity contribution is 7.10. The molecule has 4 nitrogen and oxygen atoms in total. The molecule has 1 N–H and O–H groups in total. The molecule has 0 spiro atoms. The maximum atomic E-state index is 4.56. The van der Waals surface area contributed by atoms with Crippen LogP contribution in [0, 0.1) is 0 Å². The highest BCUT2D eigenvalue weighted by Crippen LogP contribution is 2.26. The van der Waals surface area contributed by atoms with Crippen molar-refractivity contribution in [1.82, 2.24) is 15.3 Å². The Bertz CT molecular complexity index is 562. The zero-order valence-electron chi connectivity index (χ0n) is 12.0. The van der Waals surface area contributed by atoms with Crippen LogP contribution in [0.5, 0.6) is 0 Å². The lowest BCUT2D eigenvalue weighted by Gasteiger charge is -2.27. The predicted molar refractivity (Wildman–Crippen MR) is 83.1 cm³/mol. The molecule has 0 atom stereocenters. The third kappa shape index (κ3) is 2.99. The van der Waals surface area contributed by atoms with Gasteiger partial charge in [-0.3, -0.25) is 4.98 Å². The Morgan fingerprint density at radius 2 is 2.25 bits per heavy atom. The molecule has 0 aromatic carbocycles. The molecule has 1 aliphatic heterocycles. The van der Waals surface area contributed by atoms with E-state index in [1.807, 2.05) is 23.7 Å². The maximum Gasteiger partial charge on any atom is 0.147 e. The van der Waals surface area contributed by atoms with Gasteiger partial charge in [-0.1, -0.05) is 13.8 Å². The molecule has 0 amide bonds. The molecule has 3 rings (SSSR count). The first-order valence-electron chi connectivity index (χ1n) is 7.07. The molecule has 20 heavy (non-hydrogen) atoms. The summed E-state index contributed by atoms with van der Waals surface area (Å²) in [5, 5.41) is 5.54. The number of nitrogens with zero attached hydrogens (tertiary/aromatic N) is 3. The SMILES string of the molecule is CC(C)NCc1cnc(N2CCc3sccc3C2)cn1. The summed E-state index contributed by atoms with van der Waals surface area (Å²) in [7, 11) is 0. The van der Waals surface area contributed by atoms with E-state index in [1.54, 1.807) is 0 Å². The van der Waals surface area contributed by atoms with Crippen LogP contribution in [0.2, 0.25) is 0 Å². The van der Waals surface area contributed by atoms with Crippen LogP contribution in [0.15, 0.2) is 23.8 Å². The molecule has 0 fully saturated rings. The van der Waals surface area contributed by atoms with Gasteiger partial charge in [0, 0.05) is 30.6 Å². The molecule has 0 saturated carbocycles. The molecule has 5 heteroatoms. The van der Waals surface area contributed by atoms with Crippen molar-refractivity contribution in [3.8, 4) is 0 Å². The number of nitrogens with one attached hydrogen (secondary N) is 1. The third-order valence-corrected chi connectivity index (χ3v) is 4.54. The number of hydrogen-bond donors (Lipinski definition) is 1. The molecule has 1 aliphatic rings. The number of anilines is 1. The Morgan fingerprint density at radius 1 is 1.35 bits per heavy atom. The summed E-state index contributed by atoms with van der Waals surface area (Å²) in [5.74, 6) is 0.982. The van der Waals surface area contributed by atoms with Crippen LogP contribution in [0.3, 0.4) is 0 Å². The highest BCUT2D eigenvalue weighted by atomic mass is 32.1. The highest BCUT2D eigenvalue weighted by Gasteiger charge is 2.18. The van der Waals surface area contributed by atoms with Crippen LogP contribution in [0.25, 0.3) is 0 Å². The topological polar surface area (TPSA) is 41.1 Å². The molecule has 2 aromatic heterocycles. The Morgan fingerprint density at radius 3 is 3.00 bits per heavy atom. The van der Waals surface area contributed by atoms with Gasteiger partial charge in [-0.15, -0.1) is 11.3 Å². The van der Waals surface area contributed by atoms with Crippen LogP contribution in [0.1, 0.15) is 30.0 Å². The molecule has 2 aromatic rings. The molecule has 0 bridgehead atoms. The molecular weight excluding hydrogens is 268 g/mol. The quantitative estimate of drug-likeness (QED) is 0.939. The van der Waals surface area contributed by atoms with Gasteiger partial charge in [0.15, 0.2) is 0 Å². The molecule has 3 heterocycles. The zero-order chi connectivity index (χ0) is 13.9. The number of thiophene rings is 1. The largest absolute Gasteiger partial charge is 0.351 e. The van der Waals surface area contributed by atoms with E-state index in [0.717, 1.165) is 37.6 Å². The summed E-state index contributed by atoms with van der Waals surface area (Å²) in [6.45, 7) is 7.03. The summed E-state index contributed by atoms with van der Waals surface area (Å²) in [6, 6.07) is 2.69. The van der Waals surface area contributed by atoms with Gasteiger partial charge < -0.3 is 10.2 Å². The van der Waals surface area contributed by atoms with Crippen molar-refractivity contribution >= 4 is 17.2 Å². The van der Waals surface area contributed by atoms with E-state index < -0.39 is 0 Å². The van der Waals surface area contributed by atoms with Gasteiger partial charge in [-0.2, -0.15) is 0 Å². The van der Waals surface area contributed by atoms with Crippen LogP contribution >= 0.6 is 11.3 Å². The normalized spacial score (nSPS) is 14.7. The van der Waals surface area contributed by atoms with Crippen LogP contribution in [-0.4, -0.2) is 22.6 Å². The fourth-order valence-corrected chi connectivity index (χ4v) is 3.24. The average Bonchev–Trinajstić information content (AvgIpc) is 2.93. The molecular formula is C15H20N4S. The first-order chi connectivity index (χ1) is 9.72. The first-order valence-corrected chi connectivity index (χ1v) is 7.95. The van der Waals surface area contributed by atoms with Crippen LogP contribution in [0.4, 0.5) is 5.82 Å². The fraction of sp³-hybridized carbons (Fsp3) is 0.467. The Hall–Kier alpha value is -1.46. The molecule has 0 saturated heterocycles. The third-order valence-electron chi connectivity index (χ3n) is 3.51. The lowest BCUT2D eigenvalue weighted by atomic mass is 10.1. The summed E-state index contributed by atoms with van der Waals surface area (Å²) >= 11 is 1.86. The molecule has 106 valence electrons. The maximum absolute atomic E-state index is 4.56. The van der Waals surface area contributed by atoms with Gasteiger partial charge in [-0.05, 0) is 23.4 Å². The van der Waals surface area contributed by atoms with E-state index in [0.29, 0.717) is 6.04 Å². The van der Waals surface area contributed by atoms with Crippen LogP contribution in [-0.2, 0) is 19.5 Å². The summed E-state index contributed by atoms with van der Waals surface area (Å²) in [5.41, 5.74) is 2.43. The predicted octanol–water partition coefficient (Wildman–Crippen LogP) is 2.60. The van der Waals surface area contributed by atoms with Crippen molar-refractivity contribution in [2.45, 2.75) is 39.4 Å². The molecule has 0 unspecified atom stereocenters. The van der Waals surface area contributed by atoms with E-state index in [-0.39, 0.29) is 0 Å². The molecule has 0 aliphatic carbocycles. The minimum absolute atomic E-state index is 0.468. The standard InChI is InChI=1S/C15H20N4S/c1-11(2)16-7-13-8-18-15(9-17-13)19-5-3-14-12(10-19)4-6-20-14/h4,6,8-9,11,16H,3,5,7,10H2,1-2H3. The number of fused-ring (bicyclic) bond motifs is 1. The molecule has 0 radical (unpaired) electrons. The van der Waals surface area contributed by atoms with Crippen molar-refractivity contribution in [2.75, 3.05) is 11.4 Å². The van der Waals surface area contributed by atoms with E-state index in [1.165, 1.54) is 10.4 Å². The second-order valence-electron chi connectivity index (χ2n) is 5.44. The van der Waals surface area contributed by atoms with Crippen molar-refractivity contribution in [1.29, 1.82) is 0 Å². The van der Waals surface area contributed by atoms with E-state index in [2.05, 4.69) is 45.5 Å². The monoisotopic (exact) mass is 288 g/mol. The number of hydrogen-bond acceptors (Lipinski definition) is 5.